The Morgan fingerprint density at radius 3 is 2.32 bits per heavy atom. The average Bonchev–Trinajstić information content (AvgIpc) is 2.67. The number of phenolic OH excluding ortho intramolecular Hbond substituents is 1. The van der Waals surface area contributed by atoms with E-state index < -0.39 is 0 Å². The fourth-order valence-corrected chi connectivity index (χ4v) is 2.64. The van der Waals surface area contributed by atoms with Crippen molar-refractivity contribution in [1.82, 2.24) is 15.8 Å². The van der Waals surface area contributed by atoms with E-state index in [4.69, 9.17) is 0 Å². The van der Waals surface area contributed by atoms with Gasteiger partial charge in [0, 0.05) is 18.7 Å². The number of nitrogens with one attached hydrogen (secondary N) is 2. The monoisotopic (exact) mass is 337 g/mol. The summed E-state index contributed by atoms with van der Waals surface area (Å²) in [4.78, 5) is 25.7. The third kappa shape index (κ3) is 4.17. The summed E-state index contributed by atoms with van der Waals surface area (Å²) in [5, 5.41) is 9.34. The quantitative estimate of drug-likeness (QED) is 0.737. The SMILES string of the molecule is O=C(NNC(=O)N1CC=C(c2ccc(O)cc2)CC1)c1ccccc1. The van der Waals surface area contributed by atoms with Crippen LogP contribution in [0.3, 0.4) is 0 Å². The highest BCUT2D eigenvalue weighted by Crippen LogP contribution is 2.23. The topological polar surface area (TPSA) is 81.7 Å². The maximum absolute atomic E-state index is 12.2. The molecule has 1 aliphatic heterocycles. The highest BCUT2D eigenvalue weighted by Gasteiger charge is 2.18. The van der Waals surface area contributed by atoms with Gasteiger partial charge in [-0.2, -0.15) is 0 Å². The summed E-state index contributed by atoms with van der Waals surface area (Å²) in [5.74, 6) is -0.124. The van der Waals surface area contributed by atoms with Crippen LogP contribution in [0, 0.1) is 0 Å². The van der Waals surface area contributed by atoms with Crippen LogP contribution in [-0.2, 0) is 0 Å². The van der Waals surface area contributed by atoms with E-state index in [1.54, 1.807) is 41.3 Å². The van der Waals surface area contributed by atoms with Crippen molar-refractivity contribution >= 4 is 17.5 Å². The first kappa shape index (κ1) is 16.6. The first-order valence-electron chi connectivity index (χ1n) is 8.02. The summed E-state index contributed by atoms with van der Waals surface area (Å²) >= 11 is 0. The molecule has 0 saturated heterocycles. The number of carbonyl (C=O) groups is 2. The fraction of sp³-hybridized carbons (Fsp3) is 0.158. The predicted molar refractivity (Wildman–Crippen MR) is 94.7 cm³/mol. The Kier molecular flexibility index (Phi) is 4.99. The largest absolute Gasteiger partial charge is 0.508 e. The van der Waals surface area contributed by atoms with E-state index in [-0.39, 0.29) is 17.7 Å². The number of hydrogen-bond acceptors (Lipinski definition) is 3. The molecule has 2 aromatic carbocycles. The van der Waals surface area contributed by atoms with Crippen LogP contribution in [0.4, 0.5) is 4.79 Å². The van der Waals surface area contributed by atoms with Crippen LogP contribution < -0.4 is 10.9 Å². The first-order chi connectivity index (χ1) is 12.1. The molecule has 0 radical (unpaired) electrons. The third-order valence-electron chi connectivity index (χ3n) is 4.05. The fourth-order valence-electron chi connectivity index (χ4n) is 2.64. The Hall–Kier alpha value is -3.28. The number of carbonyl (C=O) groups excluding carboxylic acids is 2. The first-order valence-corrected chi connectivity index (χ1v) is 8.02. The number of hydrogen-bond donors (Lipinski definition) is 3. The summed E-state index contributed by atoms with van der Waals surface area (Å²) in [7, 11) is 0. The highest BCUT2D eigenvalue weighted by molar-refractivity contribution is 5.95. The lowest BCUT2D eigenvalue weighted by atomic mass is 9.99. The van der Waals surface area contributed by atoms with Gasteiger partial charge in [0.1, 0.15) is 5.75 Å². The lowest BCUT2D eigenvalue weighted by molar-refractivity contribution is 0.0930. The van der Waals surface area contributed by atoms with Crippen LogP contribution in [0.15, 0.2) is 60.7 Å². The number of nitrogens with zero attached hydrogens (tertiary/aromatic N) is 1. The van der Waals surface area contributed by atoms with Crippen LogP contribution in [0.25, 0.3) is 5.57 Å². The number of rotatable bonds is 2. The van der Waals surface area contributed by atoms with Gasteiger partial charge in [0.05, 0.1) is 0 Å². The van der Waals surface area contributed by atoms with Gasteiger partial charge in [-0.05, 0) is 41.8 Å². The summed E-state index contributed by atoms with van der Waals surface area (Å²) in [6.45, 7) is 1.02. The van der Waals surface area contributed by atoms with Crippen molar-refractivity contribution in [3.05, 3.63) is 71.8 Å². The Morgan fingerprint density at radius 1 is 0.960 bits per heavy atom. The van der Waals surface area contributed by atoms with Crippen LogP contribution in [0.5, 0.6) is 5.75 Å². The van der Waals surface area contributed by atoms with Crippen molar-refractivity contribution < 1.29 is 14.7 Å². The van der Waals surface area contributed by atoms with Crippen molar-refractivity contribution in [3.8, 4) is 5.75 Å². The molecule has 1 heterocycles. The van der Waals surface area contributed by atoms with Gasteiger partial charge in [0.2, 0.25) is 0 Å². The summed E-state index contributed by atoms with van der Waals surface area (Å²) in [5.41, 5.74) is 7.51. The molecule has 128 valence electrons. The van der Waals surface area contributed by atoms with Gasteiger partial charge in [0.15, 0.2) is 0 Å². The molecule has 3 amide bonds. The molecule has 0 unspecified atom stereocenters. The molecule has 0 aromatic heterocycles. The number of urea groups is 1. The second kappa shape index (κ2) is 7.53. The minimum atomic E-state index is -0.355. The van der Waals surface area contributed by atoms with Crippen LogP contribution in [-0.4, -0.2) is 35.0 Å². The highest BCUT2D eigenvalue weighted by atomic mass is 16.3. The normalized spacial score (nSPS) is 13.8. The molecular weight excluding hydrogens is 318 g/mol. The number of amides is 3. The minimum Gasteiger partial charge on any atom is -0.508 e. The lowest BCUT2D eigenvalue weighted by Gasteiger charge is -2.26. The van der Waals surface area contributed by atoms with Crippen molar-refractivity contribution in [2.75, 3.05) is 13.1 Å². The van der Waals surface area contributed by atoms with Crippen LogP contribution in [0.1, 0.15) is 22.3 Å². The maximum Gasteiger partial charge on any atom is 0.336 e. The van der Waals surface area contributed by atoms with Gasteiger partial charge in [-0.25, -0.2) is 10.2 Å². The van der Waals surface area contributed by atoms with Crippen LogP contribution >= 0.6 is 0 Å². The van der Waals surface area contributed by atoms with Gasteiger partial charge >= 0.3 is 6.03 Å². The zero-order valence-corrected chi connectivity index (χ0v) is 13.6. The summed E-state index contributed by atoms with van der Waals surface area (Å²) in [6, 6.07) is 15.4. The van der Waals surface area contributed by atoms with Gasteiger partial charge in [0.25, 0.3) is 5.91 Å². The van der Waals surface area contributed by atoms with Crippen molar-refractivity contribution in [2.24, 2.45) is 0 Å². The maximum atomic E-state index is 12.2. The lowest BCUT2D eigenvalue weighted by Crippen LogP contribution is -2.49. The van der Waals surface area contributed by atoms with E-state index in [2.05, 4.69) is 10.9 Å². The average molecular weight is 337 g/mol. The van der Waals surface area contributed by atoms with E-state index >= 15 is 0 Å². The molecule has 0 aliphatic carbocycles. The Bertz CT molecular complexity index is 785. The Labute approximate surface area is 145 Å². The smallest absolute Gasteiger partial charge is 0.336 e. The molecular formula is C19H19N3O3. The van der Waals surface area contributed by atoms with E-state index in [1.165, 1.54) is 0 Å². The van der Waals surface area contributed by atoms with Gasteiger partial charge in [-0.15, -0.1) is 0 Å². The molecule has 1 aliphatic rings. The van der Waals surface area contributed by atoms with Gasteiger partial charge in [-0.1, -0.05) is 36.4 Å². The Balaban J connectivity index is 1.53. The molecule has 0 fully saturated rings. The molecule has 3 N–H and O–H groups in total. The molecule has 0 saturated carbocycles. The molecule has 6 nitrogen and oxygen atoms in total. The number of aromatic hydroxyl groups is 1. The zero-order valence-electron chi connectivity index (χ0n) is 13.6. The van der Waals surface area contributed by atoms with E-state index in [9.17, 15) is 14.7 Å². The second-order valence-electron chi connectivity index (χ2n) is 5.72. The van der Waals surface area contributed by atoms with Gasteiger partial charge in [-0.3, -0.25) is 10.2 Å². The molecule has 3 rings (SSSR count). The Morgan fingerprint density at radius 2 is 1.68 bits per heavy atom. The third-order valence-corrected chi connectivity index (χ3v) is 4.05. The molecule has 0 atom stereocenters. The van der Waals surface area contributed by atoms with Crippen LogP contribution in [0.2, 0.25) is 0 Å². The zero-order chi connectivity index (χ0) is 17.6. The molecule has 2 aromatic rings. The summed E-state index contributed by atoms with van der Waals surface area (Å²) in [6.07, 6.45) is 2.69. The predicted octanol–water partition coefficient (Wildman–Crippen LogP) is 2.54. The summed E-state index contributed by atoms with van der Waals surface area (Å²) < 4.78 is 0. The number of hydrazine groups is 1. The number of phenols is 1. The van der Waals surface area contributed by atoms with Crippen molar-refractivity contribution in [1.29, 1.82) is 0 Å². The minimum absolute atomic E-state index is 0.232. The standard InChI is InChI=1S/C19H19N3O3/c23-17-8-6-14(7-9-17)15-10-12-22(13-11-15)19(25)21-20-18(24)16-4-2-1-3-5-16/h1-10,23H,11-13H2,(H,20,24)(H,21,25). The number of benzene rings is 2. The van der Waals surface area contributed by atoms with Crippen molar-refractivity contribution in [3.63, 3.8) is 0 Å². The van der Waals surface area contributed by atoms with E-state index in [1.807, 2.05) is 24.3 Å². The van der Waals surface area contributed by atoms with E-state index in [0.717, 1.165) is 11.1 Å². The second-order valence-corrected chi connectivity index (χ2v) is 5.72. The van der Waals surface area contributed by atoms with E-state index in [0.29, 0.717) is 25.1 Å². The molecule has 6 heteroatoms. The molecule has 25 heavy (non-hydrogen) atoms. The van der Waals surface area contributed by atoms with Crippen molar-refractivity contribution in [2.45, 2.75) is 6.42 Å². The molecule has 0 spiro atoms. The molecule has 0 bridgehead atoms. The van der Waals surface area contributed by atoms with Gasteiger partial charge < -0.3 is 10.0 Å².